The number of sulfonamides is 1. The predicted octanol–water partition coefficient (Wildman–Crippen LogP) is 0.718. The lowest BCUT2D eigenvalue weighted by atomic mass is 10.2. The van der Waals surface area contributed by atoms with E-state index in [1.807, 2.05) is 6.92 Å². The zero-order valence-electron chi connectivity index (χ0n) is 13.3. The van der Waals surface area contributed by atoms with Crippen molar-refractivity contribution in [2.24, 2.45) is 0 Å². The molecule has 0 fully saturated rings. The highest BCUT2D eigenvalue weighted by Crippen LogP contribution is 2.25. The molecule has 1 aromatic rings. The first-order valence-electron chi connectivity index (χ1n) is 7.50. The number of nitrogens with one attached hydrogen (secondary N) is 2. The Labute approximate surface area is 136 Å². The molecule has 0 aromatic heterocycles. The molecule has 2 N–H and O–H groups in total. The second-order valence-corrected chi connectivity index (χ2v) is 7.30. The maximum Gasteiger partial charge on any atom is 0.241 e. The van der Waals surface area contributed by atoms with Gasteiger partial charge in [0, 0.05) is 19.3 Å². The molecule has 1 heterocycles. The summed E-state index contributed by atoms with van der Waals surface area (Å²) in [4.78, 5) is 24.8. The second kappa shape index (κ2) is 7.10. The first-order valence-corrected chi connectivity index (χ1v) is 8.98. The standard InChI is InChI=1S/C15H21N3O4S/c1-3-4-7-18(2)15(20)10-16-23(21,22)12-5-6-13-11(8-12)9-14(19)17-13/h5-6,8,16H,3-4,7,9-10H2,1-2H3,(H,17,19). The van der Waals surface area contributed by atoms with Crippen molar-refractivity contribution in [3.63, 3.8) is 0 Å². The lowest BCUT2D eigenvalue weighted by Gasteiger charge is -2.17. The van der Waals surface area contributed by atoms with Gasteiger partial charge in [-0.1, -0.05) is 13.3 Å². The van der Waals surface area contributed by atoms with Crippen molar-refractivity contribution >= 4 is 27.5 Å². The highest BCUT2D eigenvalue weighted by Gasteiger charge is 2.22. The Balaban J connectivity index is 2.01. The number of carbonyl (C=O) groups is 2. The van der Waals surface area contributed by atoms with Crippen LogP contribution in [0.15, 0.2) is 23.1 Å². The molecule has 0 aliphatic carbocycles. The molecular formula is C15H21N3O4S. The summed E-state index contributed by atoms with van der Waals surface area (Å²) >= 11 is 0. The number of anilines is 1. The van der Waals surface area contributed by atoms with E-state index in [-0.39, 0.29) is 29.7 Å². The topological polar surface area (TPSA) is 95.6 Å². The van der Waals surface area contributed by atoms with Crippen LogP contribution in [0.25, 0.3) is 0 Å². The summed E-state index contributed by atoms with van der Waals surface area (Å²) in [6, 6.07) is 4.43. The molecule has 0 atom stereocenters. The number of amides is 2. The molecule has 8 heteroatoms. The van der Waals surface area contributed by atoms with E-state index < -0.39 is 10.0 Å². The number of carbonyl (C=O) groups excluding carboxylic acids is 2. The number of benzene rings is 1. The summed E-state index contributed by atoms with van der Waals surface area (Å²) in [7, 11) is -2.13. The Kier molecular flexibility index (Phi) is 5.38. The van der Waals surface area contributed by atoms with Crippen LogP contribution in [0.1, 0.15) is 25.3 Å². The van der Waals surface area contributed by atoms with Crippen molar-refractivity contribution < 1.29 is 18.0 Å². The molecule has 1 aromatic carbocycles. The normalized spacial score (nSPS) is 13.6. The van der Waals surface area contributed by atoms with E-state index in [9.17, 15) is 18.0 Å². The SMILES string of the molecule is CCCCN(C)C(=O)CNS(=O)(=O)c1ccc2c(c1)CC(=O)N2. The Bertz CT molecular complexity index is 715. The van der Waals surface area contributed by atoms with Crippen molar-refractivity contribution in [1.29, 1.82) is 0 Å². The minimum atomic E-state index is -3.79. The number of hydrogen-bond acceptors (Lipinski definition) is 4. The van der Waals surface area contributed by atoms with E-state index in [1.54, 1.807) is 13.1 Å². The first-order chi connectivity index (χ1) is 10.8. The number of fused-ring (bicyclic) bond motifs is 1. The van der Waals surface area contributed by atoms with Crippen LogP contribution < -0.4 is 10.0 Å². The molecule has 2 rings (SSSR count). The summed E-state index contributed by atoms with van der Waals surface area (Å²) in [5.41, 5.74) is 1.27. The van der Waals surface area contributed by atoms with Crippen LogP contribution in [0.4, 0.5) is 5.69 Å². The van der Waals surface area contributed by atoms with Crippen LogP contribution in [0.5, 0.6) is 0 Å². The molecule has 0 bridgehead atoms. The summed E-state index contributed by atoms with van der Waals surface area (Å²) in [6.07, 6.45) is 2.00. The maximum atomic E-state index is 12.3. The van der Waals surface area contributed by atoms with Crippen LogP contribution in [-0.4, -0.2) is 45.3 Å². The summed E-state index contributed by atoms with van der Waals surface area (Å²) in [5.74, 6) is -0.435. The van der Waals surface area contributed by atoms with E-state index in [4.69, 9.17) is 0 Å². The van der Waals surface area contributed by atoms with Crippen molar-refractivity contribution in [3.8, 4) is 0 Å². The molecule has 2 amide bonds. The molecular weight excluding hydrogens is 318 g/mol. The van der Waals surface area contributed by atoms with Crippen molar-refractivity contribution in [1.82, 2.24) is 9.62 Å². The van der Waals surface area contributed by atoms with Gasteiger partial charge in [-0.25, -0.2) is 13.1 Å². The van der Waals surface area contributed by atoms with Crippen LogP contribution in [-0.2, 0) is 26.0 Å². The van der Waals surface area contributed by atoms with Gasteiger partial charge in [-0.2, -0.15) is 0 Å². The highest BCUT2D eigenvalue weighted by molar-refractivity contribution is 7.89. The first kappa shape index (κ1) is 17.4. The molecule has 1 aliphatic rings. The van der Waals surface area contributed by atoms with E-state index >= 15 is 0 Å². The molecule has 0 unspecified atom stereocenters. The number of rotatable bonds is 7. The zero-order chi connectivity index (χ0) is 17.0. The van der Waals surface area contributed by atoms with E-state index in [1.165, 1.54) is 17.0 Å². The fourth-order valence-electron chi connectivity index (χ4n) is 2.27. The largest absolute Gasteiger partial charge is 0.345 e. The maximum absolute atomic E-state index is 12.3. The van der Waals surface area contributed by atoms with Crippen LogP contribution >= 0.6 is 0 Å². The fraction of sp³-hybridized carbons (Fsp3) is 0.467. The molecule has 23 heavy (non-hydrogen) atoms. The Morgan fingerprint density at radius 2 is 2.13 bits per heavy atom. The van der Waals surface area contributed by atoms with Gasteiger partial charge in [-0.15, -0.1) is 0 Å². The van der Waals surface area contributed by atoms with Gasteiger partial charge in [0.1, 0.15) is 0 Å². The van der Waals surface area contributed by atoms with Crippen molar-refractivity contribution in [2.45, 2.75) is 31.1 Å². The summed E-state index contributed by atoms with van der Waals surface area (Å²) < 4.78 is 26.8. The van der Waals surface area contributed by atoms with E-state index in [0.717, 1.165) is 12.8 Å². The van der Waals surface area contributed by atoms with Crippen LogP contribution in [0.2, 0.25) is 0 Å². The van der Waals surface area contributed by atoms with E-state index in [0.29, 0.717) is 17.8 Å². The molecule has 1 aliphatic heterocycles. The number of hydrogen-bond donors (Lipinski definition) is 2. The third-order valence-corrected chi connectivity index (χ3v) is 5.10. The minimum absolute atomic E-state index is 0.0526. The van der Waals surface area contributed by atoms with Gasteiger partial charge in [-0.05, 0) is 30.2 Å². The van der Waals surface area contributed by atoms with Crippen molar-refractivity contribution in [3.05, 3.63) is 23.8 Å². The Hall–Kier alpha value is -1.93. The van der Waals surface area contributed by atoms with Crippen molar-refractivity contribution in [2.75, 3.05) is 25.5 Å². The van der Waals surface area contributed by atoms with Crippen LogP contribution in [0, 0.1) is 0 Å². The third-order valence-electron chi connectivity index (χ3n) is 3.70. The van der Waals surface area contributed by atoms with Gasteiger partial charge in [0.2, 0.25) is 21.8 Å². The molecule has 0 saturated carbocycles. The van der Waals surface area contributed by atoms with Gasteiger partial charge in [0.15, 0.2) is 0 Å². The fourth-order valence-corrected chi connectivity index (χ4v) is 3.29. The van der Waals surface area contributed by atoms with Gasteiger partial charge < -0.3 is 10.2 Å². The molecule has 7 nitrogen and oxygen atoms in total. The van der Waals surface area contributed by atoms with E-state index in [2.05, 4.69) is 10.0 Å². The average molecular weight is 339 g/mol. The predicted molar refractivity (Wildman–Crippen MR) is 86.5 cm³/mol. The number of likely N-dealkylation sites (N-methyl/N-ethyl adjacent to an activating group) is 1. The minimum Gasteiger partial charge on any atom is -0.345 e. The van der Waals surface area contributed by atoms with Crippen LogP contribution in [0.3, 0.4) is 0 Å². The third kappa shape index (κ3) is 4.29. The monoisotopic (exact) mass is 339 g/mol. The average Bonchev–Trinajstić information content (AvgIpc) is 2.89. The summed E-state index contributed by atoms with van der Waals surface area (Å²) in [6.45, 7) is 2.34. The number of nitrogens with zero attached hydrogens (tertiary/aromatic N) is 1. The van der Waals surface area contributed by atoms with Gasteiger partial charge in [0.25, 0.3) is 0 Å². The highest BCUT2D eigenvalue weighted by atomic mass is 32.2. The van der Waals surface area contributed by atoms with Gasteiger partial charge in [-0.3, -0.25) is 9.59 Å². The second-order valence-electron chi connectivity index (χ2n) is 5.54. The molecule has 0 saturated heterocycles. The Morgan fingerprint density at radius 1 is 1.39 bits per heavy atom. The smallest absolute Gasteiger partial charge is 0.241 e. The molecule has 126 valence electrons. The van der Waals surface area contributed by atoms with Gasteiger partial charge >= 0.3 is 0 Å². The lowest BCUT2D eigenvalue weighted by Crippen LogP contribution is -2.38. The molecule has 0 radical (unpaired) electrons. The number of unbranched alkanes of at least 4 members (excludes halogenated alkanes) is 1. The van der Waals surface area contributed by atoms with Gasteiger partial charge in [0.05, 0.1) is 17.9 Å². The quantitative estimate of drug-likeness (QED) is 0.765. The summed E-state index contributed by atoms with van der Waals surface area (Å²) in [5, 5.41) is 2.65. The Morgan fingerprint density at radius 3 is 2.83 bits per heavy atom. The lowest BCUT2D eigenvalue weighted by molar-refractivity contribution is -0.128. The zero-order valence-corrected chi connectivity index (χ0v) is 14.1. The molecule has 0 spiro atoms.